The first kappa shape index (κ1) is 15.8. The van der Waals surface area contributed by atoms with Crippen molar-refractivity contribution in [2.24, 2.45) is 0 Å². The third-order valence-electron chi connectivity index (χ3n) is 4.40. The monoisotopic (exact) mass is 335 g/mol. The number of nitrogens with one attached hydrogen (secondary N) is 1. The lowest BCUT2D eigenvalue weighted by Crippen LogP contribution is -2.34. The highest BCUT2D eigenvalue weighted by Gasteiger charge is 2.24. The van der Waals surface area contributed by atoms with Crippen LogP contribution in [0.3, 0.4) is 0 Å². The van der Waals surface area contributed by atoms with Crippen LogP contribution in [0.1, 0.15) is 32.3 Å². The number of H-pyrrole nitrogens is 1. The first-order valence-electron chi connectivity index (χ1n) is 7.90. The molecule has 0 spiro atoms. The number of hydrogen-bond donors (Lipinski definition) is 1. The molecule has 1 atom stereocenters. The number of allylic oxidation sites excluding steroid dienone is 1. The molecule has 3 nitrogen and oxygen atoms in total. The second-order valence-electron chi connectivity index (χ2n) is 5.95. The molecule has 0 radical (unpaired) electrons. The number of nitrogens with zero attached hydrogens (tertiary/aromatic N) is 2. The maximum Gasteiger partial charge on any atom is 0.178 e. The maximum atomic E-state index is 6.49. The van der Waals surface area contributed by atoms with Crippen molar-refractivity contribution in [3.8, 4) is 0 Å². The van der Waals surface area contributed by atoms with Gasteiger partial charge in [-0.3, -0.25) is 4.90 Å². The van der Waals surface area contributed by atoms with Crippen molar-refractivity contribution in [3.63, 3.8) is 0 Å². The van der Waals surface area contributed by atoms with E-state index in [9.17, 15) is 0 Å². The summed E-state index contributed by atoms with van der Waals surface area (Å²) in [6.45, 7) is 7.27. The number of halogens is 1. The molecule has 0 saturated carbocycles. The van der Waals surface area contributed by atoms with Crippen molar-refractivity contribution in [2.75, 3.05) is 6.54 Å². The molecule has 0 bridgehead atoms. The normalized spacial score (nSPS) is 19.1. The predicted octanol–water partition coefficient (Wildman–Crippen LogP) is 4.91. The van der Waals surface area contributed by atoms with Gasteiger partial charge in [0.1, 0.15) is 0 Å². The second kappa shape index (κ2) is 6.57. The molecule has 0 saturated heterocycles. The van der Waals surface area contributed by atoms with Crippen LogP contribution in [0.4, 0.5) is 0 Å². The standard InChI is InChI=1S/C17H22ClN3S/c1-3-4-5-6-9-20-11-13-14(18)7-8-15-16(13)21(10-12(20)2)17(22)19-15/h4-5,7-8,12H,3,6,9-11H2,1-2H3,(H,19,22)/b5-4+/t12-/m0/s1. The average Bonchev–Trinajstić information content (AvgIpc) is 2.71. The van der Waals surface area contributed by atoms with Gasteiger partial charge in [-0.05, 0) is 44.1 Å². The minimum absolute atomic E-state index is 0.434. The van der Waals surface area contributed by atoms with Gasteiger partial charge >= 0.3 is 0 Å². The fraction of sp³-hybridized carbons (Fsp3) is 0.471. The predicted molar refractivity (Wildman–Crippen MR) is 96.1 cm³/mol. The highest BCUT2D eigenvalue weighted by atomic mass is 35.5. The van der Waals surface area contributed by atoms with E-state index in [2.05, 4.69) is 40.5 Å². The zero-order valence-electron chi connectivity index (χ0n) is 13.1. The van der Waals surface area contributed by atoms with E-state index in [1.165, 1.54) is 11.1 Å². The summed E-state index contributed by atoms with van der Waals surface area (Å²) in [6, 6.07) is 4.43. The third-order valence-corrected chi connectivity index (χ3v) is 5.08. The zero-order valence-corrected chi connectivity index (χ0v) is 14.7. The van der Waals surface area contributed by atoms with Crippen LogP contribution < -0.4 is 0 Å². The summed E-state index contributed by atoms with van der Waals surface area (Å²) in [5.41, 5.74) is 3.45. The number of aromatic amines is 1. The van der Waals surface area contributed by atoms with Gasteiger partial charge in [0.15, 0.2) is 4.77 Å². The van der Waals surface area contributed by atoms with E-state index in [-0.39, 0.29) is 0 Å². The molecule has 0 unspecified atom stereocenters. The summed E-state index contributed by atoms with van der Waals surface area (Å²) in [5, 5.41) is 0.832. The van der Waals surface area contributed by atoms with Crippen LogP contribution in [0, 0.1) is 4.77 Å². The van der Waals surface area contributed by atoms with Crippen LogP contribution in [0.2, 0.25) is 5.02 Å². The molecular formula is C17H22ClN3S. The summed E-state index contributed by atoms with van der Waals surface area (Å²) < 4.78 is 3.00. The molecule has 0 aliphatic carbocycles. The molecule has 3 rings (SSSR count). The molecule has 1 aliphatic rings. The van der Waals surface area contributed by atoms with E-state index < -0.39 is 0 Å². The lowest BCUT2D eigenvalue weighted by Gasteiger charge is -2.27. The quantitative estimate of drug-likeness (QED) is 0.634. The molecule has 0 fully saturated rings. The van der Waals surface area contributed by atoms with Crippen LogP contribution in [0.5, 0.6) is 0 Å². The lowest BCUT2D eigenvalue weighted by molar-refractivity contribution is 0.193. The van der Waals surface area contributed by atoms with Gasteiger partial charge in [0, 0.05) is 36.3 Å². The summed E-state index contributed by atoms with van der Waals surface area (Å²) in [4.78, 5) is 5.80. The van der Waals surface area contributed by atoms with Crippen LogP contribution in [-0.4, -0.2) is 27.0 Å². The van der Waals surface area contributed by atoms with E-state index in [0.717, 1.165) is 47.8 Å². The van der Waals surface area contributed by atoms with Crippen LogP contribution in [-0.2, 0) is 13.1 Å². The van der Waals surface area contributed by atoms with Crippen LogP contribution >= 0.6 is 23.8 Å². The van der Waals surface area contributed by atoms with Gasteiger partial charge < -0.3 is 9.55 Å². The largest absolute Gasteiger partial charge is 0.331 e. The summed E-state index contributed by atoms with van der Waals surface area (Å²) >= 11 is 12.0. The number of rotatable bonds is 4. The molecule has 1 aromatic carbocycles. The number of benzene rings is 1. The molecule has 1 N–H and O–H groups in total. The third kappa shape index (κ3) is 2.87. The minimum Gasteiger partial charge on any atom is -0.331 e. The van der Waals surface area contributed by atoms with Crippen LogP contribution in [0.15, 0.2) is 24.3 Å². The van der Waals surface area contributed by atoms with Gasteiger partial charge in [-0.15, -0.1) is 0 Å². The first-order valence-corrected chi connectivity index (χ1v) is 8.69. The van der Waals surface area contributed by atoms with Gasteiger partial charge in [-0.25, -0.2) is 0 Å². The zero-order chi connectivity index (χ0) is 15.7. The Morgan fingerprint density at radius 2 is 2.23 bits per heavy atom. The summed E-state index contributed by atoms with van der Waals surface area (Å²) in [5.74, 6) is 0. The number of hydrogen-bond acceptors (Lipinski definition) is 2. The maximum absolute atomic E-state index is 6.49. The summed E-state index contributed by atoms with van der Waals surface area (Å²) in [7, 11) is 0. The van der Waals surface area contributed by atoms with Gasteiger partial charge in [-0.1, -0.05) is 30.7 Å². The Morgan fingerprint density at radius 3 is 3.00 bits per heavy atom. The lowest BCUT2D eigenvalue weighted by atomic mass is 10.1. The molecule has 2 aromatic rings. The Balaban J connectivity index is 1.96. The molecule has 22 heavy (non-hydrogen) atoms. The van der Waals surface area contributed by atoms with Gasteiger partial charge in [0.2, 0.25) is 0 Å². The van der Waals surface area contributed by atoms with Crippen molar-refractivity contribution >= 4 is 34.9 Å². The van der Waals surface area contributed by atoms with E-state index >= 15 is 0 Å². The number of imidazole rings is 1. The molecule has 1 aliphatic heterocycles. The first-order chi connectivity index (χ1) is 10.6. The topological polar surface area (TPSA) is 24.0 Å². The molecule has 0 amide bonds. The highest BCUT2D eigenvalue weighted by Crippen LogP contribution is 2.31. The van der Waals surface area contributed by atoms with E-state index in [1.54, 1.807) is 0 Å². The number of aromatic nitrogens is 2. The average molecular weight is 336 g/mol. The molecular weight excluding hydrogens is 314 g/mol. The van der Waals surface area contributed by atoms with Crippen molar-refractivity contribution < 1.29 is 0 Å². The highest BCUT2D eigenvalue weighted by molar-refractivity contribution is 7.71. The van der Waals surface area contributed by atoms with Crippen LogP contribution in [0.25, 0.3) is 11.0 Å². The summed E-state index contributed by atoms with van der Waals surface area (Å²) in [6.07, 6.45) is 6.68. The SMILES string of the molecule is CC/C=C/CCN1Cc2c(Cl)ccc3[nH]c(=S)n(c23)C[C@@H]1C. The Kier molecular flexibility index (Phi) is 4.71. The van der Waals surface area contributed by atoms with E-state index in [0.29, 0.717) is 6.04 Å². The van der Waals surface area contributed by atoms with Crippen molar-refractivity contribution in [1.29, 1.82) is 0 Å². The fourth-order valence-electron chi connectivity index (χ4n) is 3.19. The van der Waals surface area contributed by atoms with Gasteiger partial charge in [0.05, 0.1) is 11.0 Å². The Hall–Kier alpha value is -1.10. The van der Waals surface area contributed by atoms with Crippen molar-refractivity contribution in [3.05, 3.63) is 39.6 Å². The molecule has 1 aromatic heterocycles. The van der Waals surface area contributed by atoms with Crippen molar-refractivity contribution in [2.45, 2.75) is 45.8 Å². The van der Waals surface area contributed by atoms with E-state index in [4.69, 9.17) is 23.8 Å². The smallest absolute Gasteiger partial charge is 0.178 e. The minimum atomic E-state index is 0.434. The Labute approximate surface area is 141 Å². The van der Waals surface area contributed by atoms with Gasteiger partial charge in [-0.2, -0.15) is 0 Å². The fourth-order valence-corrected chi connectivity index (χ4v) is 3.68. The molecule has 118 valence electrons. The van der Waals surface area contributed by atoms with E-state index in [1.807, 2.05) is 12.1 Å². The molecule has 5 heteroatoms. The van der Waals surface area contributed by atoms with Crippen molar-refractivity contribution in [1.82, 2.24) is 14.5 Å². The Morgan fingerprint density at radius 1 is 1.41 bits per heavy atom. The van der Waals surface area contributed by atoms with Gasteiger partial charge in [0.25, 0.3) is 0 Å². The second-order valence-corrected chi connectivity index (χ2v) is 6.74. The molecule has 2 heterocycles. The Bertz CT molecular complexity index is 759.